The molecule has 0 spiro atoms. The van der Waals surface area contributed by atoms with E-state index in [-0.39, 0.29) is 0 Å². The summed E-state index contributed by atoms with van der Waals surface area (Å²) in [5, 5.41) is 0. The Labute approximate surface area is 155 Å². The highest BCUT2D eigenvalue weighted by molar-refractivity contribution is 5.33. The van der Waals surface area contributed by atoms with E-state index >= 15 is 0 Å². The minimum absolute atomic E-state index is 0.298. The Morgan fingerprint density at radius 1 is 1.15 bits per heavy atom. The number of aromatic nitrogens is 2. The second kappa shape index (κ2) is 8.96. The fourth-order valence-corrected chi connectivity index (χ4v) is 3.25. The number of rotatable bonds is 8. The van der Waals surface area contributed by atoms with Crippen molar-refractivity contribution in [3.05, 3.63) is 47.8 Å². The van der Waals surface area contributed by atoms with E-state index in [4.69, 9.17) is 9.47 Å². The van der Waals surface area contributed by atoms with Crippen LogP contribution in [0, 0.1) is 0 Å². The summed E-state index contributed by atoms with van der Waals surface area (Å²) < 4.78 is 11.4. The van der Waals surface area contributed by atoms with Crippen LogP contribution in [0.25, 0.3) is 0 Å². The molecule has 1 aromatic carbocycles. The zero-order chi connectivity index (χ0) is 18.4. The standard InChI is InChI=1S/C20H28N4O2/c1-23(2)20-21-11-16(12-22-20)13-24(15-18-8-6-10-26-18)14-17-7-4-5-9-19(17)25-3/h4-5,7,9,11-12,18H,6,8,10,13-15H2,1-3H3/t18-/m0/s1. The Morgan fingerprint density at radius 2 is 1.92 bits per heavy atom. The molecule has 1 aromatic heterocycles. The molecule has 0 radical (unpaired) electrons. The summed E-state index contributed by atoms with van der Waals surface area (Å²) in [4.78, 5) is 13.2. The van der Waals surface area contributed by atoms with Crippen LogP contribution in [0.3, 0.4) is 0 Å². The molecule has 6 heteroatoms. The molecule has 0 amide bonds. The second-order valence-electron chi connectivity index (χ2n) is 6.90. The zero-order valence-electron chi connectivity index (χ0n) is 15.9. The van der Waals surface area contributed by atoms with Gasteiger partial charge in [0.2, 0.25) is 5.95 Å². The van der Waals surface area contributed by atoms with Crippen LogP contribution in [0.2, 0.25) is 0 Å². The first-order chi connectivity index (χ1) is 12.7. The lowest BCUT2D eigenvalue weighted by atomic mass is 10.1. The van der Waals surface area contributed by atoms with Gasteiger partial charge < -0.3 is 14.4 Å². The van der Waals surface area contributed by atoms with Crippen molar-refractivity contribution in [2.75, 3.05) is 39.3 Å². The summed E-state index contributed by atoms with van der Waals surface area (Å²) in [5.41, 5.74) is 2.28. The van der Waals surface area contributed by atoms with Gasteiger partial charge in [-0.15, -0.1) is 0 Å². The minimum Gasteiger partial charge on any atom is -0.496 e. The van der Waals surface area contributed by atoms with Gasteiger partial charge in [0.25, 0.3) is 0 Å². The van der Waals surface area contributed by atoms with Crippen LogP contribution in [0.4, 0.5) is 5.95 Å². The maximum absolute atomic E-state index is 5.86. The van der Waals surface area contributed by atoms with Crippen LogP contribution in [-0.4, -0.2) is 55.3 Å². The molecular weight excluding hydrogens is 328 g/mol. The Kier molecular flexibility index (Phi) is 6.41. The number of para-hydroxylation sites is 1. The summed E-state index contributed by atoms with van der Waals surface area (Å²) in [7, 11) is 5.61. The normalized spacial score (nSPS) is 16.8. The van der Waals surface area contributed by atoms with Gasteiger partial charge in [-0.1, -0.05) is 18.2 Å². The lowest BCUT2D eigenvalue weighted by Gasteiger charge is -2.26. The second-order valence-corrected chi connectivity index (χ2v) is 6.90. The number of methoxy groups -OCH3 is 1. The summed E-state index contributed by atoms with van der Waals surface area (Å²) in [6.45, 7) is 3.35. The lowest BCUT2D eigenvalue weighted by molar-refractivity contribution is 0.0675. The molecule has 2 aromatic rings. The molecule has 3 rings (SSSR count). The Morgan fingerprint density at radius 3 is 2.58 bits per heavy atom. The van der Waals surface area contributed by atoms with Crippen molar-refractivity contribution in [2.24, 2.45) is 0 Å². The fraction of sp³-hybridized carbons (Fsp3) is 0.500. The first kappa shape index (κ1) is 18.6. The molecule has 0 bridgehead atoms. The number of nitrogens with zero attached hydrogens (tertiary/aromatic N) is 4. The van der Waals surface area contributed by atoms with Crippen LogP contribution < -0.4 is 9.64 Å². The smallest absolute Gasteiger partial charge is 0.224 e. The zero-order valence-corrected chi connectivity index (χ0v) is 15.9. The van der Waals surface area contributed by atoms with Crippen molar-refractivity contribution in [1.82, 2.24) is 14.9 Å². The summed E-state index contributed by atoms with van der Waals surface area (Å²) >= 11 is 0. The van der Waals surface area contributed by atoms with Gasteiger partial charge in [-0.3, -0.25) is 4.90 Å². The third-order valence-corrected chi connectivity index (χ3v) is 4.57. The quantitative estimate of drug-likeness (QED) is 0.725. The van der Waals surface area contributed by atoms with Gasteiger partial charge in [-0.05, 0) is 18.9 Å². The van der Waals surface area contributed by atoms with Crippen LogP contribution in [0.15, 0.2) is 36.7 Å². The van der Waals surface area contributed by atoms with Gasteiger partial charge in [-0.25, -0.2) is 9.97 Å². The maximum Gasteiger partial charge on any atom is 0.224 e. The number of benzene rings is 1. The van der Waals surface area contributed by atoms with Crippen LogP contribution in [0.5, 0.6) is 5.75 Å². The molecule has 6 nitrogen and oxygen atoms in total. The van der Waals surface area contributed by atoms with E-state index in [0.717, 1.165) is 56.3 Å². The average Bonchev–Trinajstić information content (AvgIpc) is 3.15. The van der Waals surface area contributed by atoms with Crippen LogP contribution in [-0.2, 0) is 17.8 Å². The Balaban J connectivity index is 1.73. The van der Waals surface area contributed by atoms with Crippen molar-refractivity contribution in [3.63, 3.8) is 0 Å². The van der Waals surface area contributed by atoms with Crippen molar-refractivity contribution in [2.45, 2.75) is 32.0 Å². The van der Waals surface area contributed by atoms with Gasteiger partial charge in [-0.2, -0.15) is 0 Å². The lowest BCUT2D eigenvalue weighted by Crippen LogP contribution is -2.31. The molecule has 0 aliphatic carbocycles. The van der Waals surface area contributed by atoms with Crippen molar-refractivity contribution in [3.8, 4) is 5.75 Å². The van der Waals surface area contributed by atoms with Crippen LogP contribution in [0.1, 0.15) is 24.0 Å². The predicted molar refractivity (Wildman–Crippen MR) is 102 cm³/mol. The van der Waals surface area contributed by atoms with Gasteiger partial charge in [0.15, 0.2) is 0 Å². The summed E-state index contributed by atoms with van der Waals surface area (Å²) in [6.07, 6.45) is 6.39. The Bertz CT molecular complexity index is 684. The van der Waals surface area contributed by atoms with E-state index in [1.54, 1.807) is 7.11 Å². The van der Waals surface area contributed by atoms with Crippen molar-refractivity contribution >= 4 is 5.95 Å². The molecule has 140 valence electrons. The number of hydrogen-bond acceptors (Lipinski definition) is 6. The first-order valence-electron chi connectivity index (χ1n) is 9.10. The molecule has 1 aliphatic heterocycles. The molecule has 1 atom stereocenters. The highest BCUT2D eigenvalue weighted by atomic mass is 16.5. The van der Waals surface area contributed by atoms with Crippen molar-refractivity contribution < 1.29 is 9.47 Å². The summed E-state index contributed by atoms with van der Waals surface area (Å²) in [5.74, 6) is 1.65. The Hall–Kier alpha value is -2.18. The topological polar surface area (TPSA) is 50.7 Å². The largest absolute Gasteiger partial charge is 0.496 e. The first-order valence-corrected chi connectivity index (χ1v) is 9.10. The molecule has 1 aliphatic rings. The van der Waals surface area contributed by atoms with E-state index in [0.29, 0.717) is 6.10 Å². The molecule has 0 N–H and O–H groups in total. The van der Waals surface area contributed by atoms with Gasteiger partial charge >= 0.3 is 0 Å². The minimum atomic E-state index is 0.298. The van der Waals surface area contributed by atoms with E-state index in [9.17, 15) is 0 Å². The highest BCUT2D eigenvalue weighted by Gasteiger charge is 2.20. The number of anilines is 1. The van der Waals surface area contributed by atoms with Crippen LogP contribution >= 0.6 is 0 Å². The SMILES string of the molecule is COc1ccccc1CN(Cc1cnc(N(C)C)nc1)C[C@@H]1CCCO1. The summed E-state index contributed by atoms with van der Waals surface area (Å²) in [6, 6.07) is 8.18. The molecule has 1 fully saturated rings. The third kappa shape index (κ3) is 4.93. The predicted octanol–water partition coefficient (Wildman–Crippen LogP) is 2.73. The molecular formula is C20H28N4O2. The fourth-order valence-electron chi connectivity index (χ4n) is 3.25. The third-order valence-electron chi connectivity index (χ3n) is 4.57. The molecule has 26 heavy (non-hydrogen) atoms. The maximum atomic E-state index is 5.86. The monoisotopic (exact) mass is 356 g/mol. The van der Waals surface area contributed by atoms with Gasteiger partial charge in [0.05, 0.1) is 13.2 Å². The molecule has 0 saturated carbocycles. The number of ether oxygens (including phenoxy) is 2. The van der Waals surface area contributed by atoms with E-state index in [2.05, 4.69) is 27.0 Å². The van der Waals surface area contributed by atoms with Crippen molar-refractivity contribution in [1.29, 1.82) is 0 Å². The molecule has 2 heterocycles. The van der Waals surface area contributed by atoms with Gasteiger partial charge in [0.1, 0.15) is 5.75 Å². The van der Waals surface area contributed by atoms with E-state index < -0.39 is 0 Å². The van der Waals surface area contributed by atoms with E-state index in [1.165, 1.54) is 5.56 Å². The average molecular weight is 356 g/mol. The van der Waals surface area contributed by atoms with Gasteiger partial charge in [0, 0.05) is 63.9 Å². The van der Waals surface area contributed by atoms with E-state index in [1.807, 2.05) is 43.5 Å². The molecule has 1 saturated heterocycles. The highest BCUT2D eigenvalue weighted by Crippen LogP contribution is 2.22. The number of hydrogen-bond donors (Lipinski definition) is 0. The molecule has 0 unspecified atom stereocenters.